The summed E-state index contributed by atoms with van der Waals surface area (Å²) in [6, 6.07) is -1.97. The quantitative estimate of drug-likeness (QED) is 0.0155. The number of nitrogens with one attached hydrogen (secondary N) is 14. The van der Waals surface area contributed by atoms with Gasteiger partial charge in [-0.1, -0.05) is 82.1 Å². The van der Waals surface area contributed by atoms with E-state index in [1.165, 1.54) is 69.0 Å². The number of hydrogen-bond donors (Lipinski definition) is 20. The van der Waals surface area contributed by atoms with Gasteiger partial charge in [-0.15, -0.1) is 11.8 Å². The topological polar surface area (TPSA) is 633 Å². The first-order valence-electron chi connectivity index (χ1n) is 43.6. The van der Waals surface area contributed by atoms with Gasteiger partial charge in [0.1, 0.15) is 90.3 Å². The lowest BCUT2D eigenvalue weighted by atomic mass is 10.0. The molecule has 3 aliphatic rings. The van der Waals surface area contributed by atoms with Gasteiger partial charge in [0.25, 0.3) is 0 Å². The minimum Gasteiger partial charge on any atom is -0.508 e. The molecule has 44 heteroatoms. The van der Waals surface area contributed by atoms with Crippen molar-refractivity contribution in [2.45, 2.75) is 209 Å². The predicted octanol–water partition coefficient (Wildman–Crippen LogP) is -3.31. The summed E-state index contributed by atoms with van der Waals surface area (Å²) >= 11 is 2.09. The summed E-state index contributed by atoms with van der Waals surface area (Å²) in [5.74, 6) is -17.7. The van der Waals surface area contributed by atoms with Gasteiger partial charge in [-0.2, -0.15) is 11.8 Å². The third kappa shape index (κ3) is 29.2. The van der Waals surface area contributed by atoms with Crippen LogP contribution in [0.25, 0.3) is 21.8 Å². The third-order valence-corrected chi connectivity index (χ3v) is 24.9. The number of aromatic nitrogens is 2. The number of aliphatic hydroxyl groups is 2. The molecule has 14 atom stereocenters. The van der Waals surface area contributed by atoms with E-state index in [1.807, 2.05) is 6.92 Å². The van der Waals surface area contributed by atoms with Crippen LogP contribution in [0.4, 0.5) is 0 Å². The molecule has 3 saturated heterocycles. The highest BCUT2D eigenvalue weighted by molar-refractivity contribution is 8.00. The second kappa shape index (κ2) is 50.0. The number of aliphatic hydroxyl groups excluding tert-OH is 2. The number of nitrogens with zero attached hydrogens (tertiary/aromatic N) is 5. The van der Waals surface area contributed by atoms with Gasteiger partial charge in [0, 0.05) is 100.0 Å². The molecule has 0 bridgehead atoms. The maximum Gasteiger partial charge on any atom is 0.246 e. The van der Waals surface area contributed by atoms with Crippen molar-refractivity contribution in [3.05, 3.63) is 102 Å². The Labute approximate surface area is 766 Å². The average Bonchev–Trinajstić information content (AvgIpc) is 1.81. The summed E-state index contributed by atoms with van der Waals surface area (Å²) in [6.07, 6.45) is 4.36. The van der Waals surface area contributed by atoms with Crippen LogP contribution >= 0.6 is 23.5 Å². The first kappa shape index (κ1) is 104. The van der Waals surface area contributed by atoms with Gasteiger partial charge in [0.15, 0.2) is 5.96 Å². The number of thioether (sulfide) groups is 2. The molecule has 42 nitrogen and oxygen atoms in total. The van der Waals surface area contributed by atoms with E-state index in [2.05, 4.69) is 68.5 Å². The molecule has 3 aliphatic heterocycles. The predicted molar refractivity (Wildman–Crippen MR) is 487 cm³/mol. The van der Waals surface area contributed by atoms with Gasteiger partial charge >= 0.3 is 0 Å². The molecule has 0 aliphatic carbocycles. The Bertz CT molecular complexity index is 4920. The molecular formula is C87H124N22O20S2. The van der Waals surface area contributed by atoms with Crippen molar-refractivity contribution in [2.75, 3.05) is 84.1 Å². The molecule has 3 fully saturated rings. The lowest BCUT2D eigenvalue weighted by Crippen LogP contribution is -2.62. The van der Waals surface area contributed by atoms with Gasteiger partial charge in [-0.05, 0) is 124 Å². The Morgan fingerprint density at radius 2 is 1.03 bits per heavy atom. The number of aromatic amines is 2. The van der Waals surface area contributed by atoms with E-state index in [9.17, 15) is 63.3 Å². The summed E-state index contributed by atoms with van der Waals surface area (Å²) in [7, 11) is 3.89. The lowest BCUT2D eigenvalue weighted by molar-refractivity contribution is -0.149. The Balaban J connectivity index is 1.18. The van der Waals surface area contributed by atoms with Crippen LogP contribution in [0.2, 0.25) is 0 Å². The standard InChI is InChI=1S/C87H124N22O20S2/c1-9-10-23-66-79(122)97-57(22-15-31-92-87(90)91)75(118)104-65(74(117)95-42-71(89)114)45-131-46-72(115)96-60(36-49-26-28-52(112)29-27-49)82(125)105(5)48(4)73(116)99-62(39-70(88)113)85(128)109-33-17-25-68(109)81(124)103-64(44-111)78(121)100-59(35-47(2)3)84(127)108-32-16-24-67(108)80(123)98-58(37-50-40-93-55-20-13-11-18-53(50)55)76(119)102-63(43-110)77(120)101-61(38-51-41-94-56-21-14-12-19-54(51)56)83(126)107(7)69(30-34-130-8)86(129)106(66)6/h11-14,18-21,26-29,40-41,47-48,57-69,93-94,110-112H,9-10,15-17,22-25,30-39,42-46H2,1-8H3,(H2,88,113)(H2,89,114)(H,95,117)(H,96,115)(H,97,122)(H,98,123)(H,99,116)(H,100,121)(H,101,120)(H,102,119)(H,103,124)(H,104,118)(H4,90,91,92)/t48-,57-,58-,59-,60-,61-,62-,63-,64-,65?,66-,67-,68-,69-/m0/s1. The summed E-state index contributed by atoms with van der Waals surface area (Å²) in [4.78, 5) is 260. The molecule has 23 N–H and O–H groups in total. The first-order valence-corrected chi connectivity index (χ1v) is 46.2. The second-order valence-corrected chi connectivity index (χ2v) is 35.3. The molecule has 17 amide bonds. The smallest absolute Gasteiger partial charge is 0.246 e. The van der Waals surface area contributed by atoms with Crippen molar-refractivity contribution in [1.82, 2.24) is 93.0 Å². The zero-order valence-electron chi connectivity index (χ0n) is 74.8. The number of primary amides is 2. The number of fused-ring (bicyclic) bond motifs is 4. The molecule has 3 aromatic carbocycles. The van der Waals surface area contributed by atoms with Crippen molar-refractivity contribution >= 4 is 152 Å². The monoisotopic (exact) mass is 1860 g/mol. The lowest BCUT2D eigenvalue weighted by Gasteiger charge is -2.36. The van der Waals surface area contributed by atoms with Gasteiger partial charge in [0.05, 0.1) is 31.9 Å². The number of benzene rings is 3. The zero-order valence-corrected chi connectivity index (χ0v) is 76.4. The number of hydrogen-bond acceptors (Lipinski definition) is 23. The summed E-state index contributed by atoms with van der Waals surface area (Å²) < 4.78 is 0. The van der Waals surface area contributed by atoms with E-state index in [-0.39, 0.29) is 114 Å². The number of guanidine groups is 1. The Hall–Kier alpha value is -12.6. The highest BCUT2D eigenvalue weighted by Gasteiger charge is 2.45. The Morgan fingerprint density at radius 1 is 0.534 bits per heavy atom. The van der Waals surface area contributed by atoms with Crippen LogP contribution in [0, 0.1) is 11.3 Å². The second-order valence-electron chi connectivity index (χ2n) is 33.3. The summed E-state index contributed by atoms with van der Waals surface area (Å²) in [6.45, 7) is 3.57. The van der Waals surface area contributed by atoms with Crippen molar-refractivity contribution in [2.24, 2.45) is 23.1 Å². The fourth-order valence-electron chi connectivity index (χ4n) is 16.0. The molecule has 0 radical (unpaired) electrons. The number of likely N-dealkylation sites (N-methyl/N-ethyl adjacent to an activating group) is 3. The molecule has 8 rings (SSSR count). The minimum atomic E-state index is -1.86. The van der Waals surface area contributed by atoms with Crippen LogP contribution in [0.15, 0.2) is 85.2 Å². The zero-order chi connectivity index (χ0) is 96.0. The number of nitrogens with two attached hydrogens (primary N) is 3. The maximum absolute atomic E-state index is 15.7. The van der Waals surface area contributed by atoms with Gasteiger partial charge in [-0.3, -0.25) is 86.9 Å². The van der Waals surface area contributed by atoms with Crippen LogP contribution in [-0.4, -0.2) is 325 Å². The Kier molecular flexibility index (Phi) is 39.6. The number of para-hydroxylation sites is 2. The largest absolute Gasteiger partial charge is 0.508 e. The van der Waals surface area contributed by atoms with Crippen molar-refractivity contribution in [1.29, 1.82) is 5.41 Å². The fraction of sp³-hybridized carbons (Fsp3) is 0.540. The SMILES string of the molecule is CCCC[C@H]1C(=O)N[C@@H](CCCNC(=N)N)C(=O)NC(C(=O)NCC(N)=O)CSCC(=O)N[C@@H](Cc2ccc(O)cc2)C(=O)N(C)[C@@H](C)C(=O)N[C@@H](CC(N)=O)C(=O)N2CCC[C@H]2C(=O)N[C@@H](CO)C(=O)N[C@@H](CC(C)C)C(=O)N2CCC[C@H]2C(=O)N[C@@H](Cc2c[nH]c3ccccc23)C(=O)N[C@@H](CO)C(=O)N[C@@H](Cc2c[nH]c3ccccc23)C(=O)N(C)[C@@H](CCSC)C(=O)N1C. The number of amides is 17. The molecule has 1 unspecified atom stereocenters. The van der Waals surface area contributed by atoms with Gasteiger partial charge in [-0.25, -0.2) is 0 Å². The number of aromatic hydroxyl groups is 1. The Morgan fingerprint density at radius 3 is 1.58 bits per heavy atom. The number of rotatable bonds is 25. The molecule has 0 saturated carbocycles. The van der Waals surface area contributed by atoms with Crippen LogP contribution < -0.4 is 75.7 Å². The van der Waals surface area contributed by atoms with E-state index in [4.69, 9.17) is 22.6 Å². The number of carbonyl (C=O) groups is 17. The summed E-state index contributed by atoms with van der Waals surface area (Å²) in [5, 5.41) is 70.0. The van der Waals surface area contributed by atoms with E-state index < -0.39 is 229 Å². The van der Waals surface area contributed by atoms with Crippen LogP contribution in [0.5, 0.6) is 5.75 Å². The molecule has 131 heavy (non-hydrogen) atoms. The van der Waals surface area contributed by atoms with Crippen LogP contribution in [-0.2, 0) is 101 Å². The first-order chi connectivity index (χ1) is 62.4. The molecule has 714 valence electrons. The average molecular weight is 1860 g/mol. The van der Waals surface area contributed by atoms with Gasteiger partial charge in [0.2, 0.25) is 100 Å². The van der Waals surface area contributed by atoms with Crippen molar-refractivity contribution in [3.8, 4) is 5.75 Å². The highest BCUT2D eigenvalue weighted by atomic mass is 32.2. The number of phenolic OH excluding ortho intramolecular Hbond substituents is 1. The molecular weight excluding hydrogens is 1740 g/mol. The highest BCUT2D eigenvalue weighted by Crippen LogP contribution is 2.28. The van der Waals surface area contributed by atoms with Crippen LogP contribution in [0.1, 0.15) is 121 Å². The van der Waals surface area contributed by atoms with Crippen molar-refractivity contribution in [3.63, 3.8) is 0 Å². The molecule has 5 heterocycles. The fourth-order valence-corrected chi connectivity index (χ4v) is 17.3. The maximum atomic E-state index is 15.7. The van der Waals surface area contributed by atoms with E-state index >= 15 is 33.6 Å². The van der Waals surface area contributed by atoms with Gasteiger partial charge < -0.3 is 125 Å². The minimum absolute atomic E-state index is 0.0124. The van der Waals surface area contributed by atoms with E-state index in [0.29, 0.717) is 51.3 Å². The number of unbranched alkanes of at least 4 members (excludes halogenated alkanes) is 1. The number of carbonyl (C=O) groups excluding carboxylic acids is 17. The summed E-state index contributed by atoms with van der Waals surface area (Å²) in [5.41, 5.74) is 19.4. The van der Waals surface area contributed by atoms with E-state index in [0.717, 1.165) is 31.4 Å². The third-order valence-electron chi connectivity index (χ3n) is 23.3. The molecule has 2 aromatic heterocycles. The van der Waals surface area contributed by atoms with E-state index in [1.54, 1.807) is 81.0 Å². The number of phenols is 1. The molecule has 5 aromatic rings. The number of H-pyrrole nitrogens is 2. The molecule has 0 spiro atoms. The normalized spacial score (nSPS) is 24.6. The van der Waals surface area contributed by atoms with Crippen LogP contribution in [0.3, 0.4) is 0 Å². The van der Waals surface area contributed by atoms with Crippen molar-refractivity contribution < 1.29 is 96.8 Å².